The van der Waals surface area contributed by atoms with Gasteiger partial charge in [0.2, 0.25) is 0 Å². The minimum absolute atomic E-state index is 0.111. The van der Waals surface area contributed by atoms with Crippen LogP contribution in [0, 0.1) is 23.7 Å². The van der Waals surface area contributed by atoms with Gasteiger partial charge in [0.1, 0.15) is 0 Å². The number of ketones is 1. The number of Topliss-reactive ketones (excluding diaryl/α,β-unsaturated/α-hetero) is 1. The molecule has 0 radical (unpaired) electrons. The quantitative estimate of drug-likeness (QED) is 0.157. The van der Waals surface area contributed by atoms with Gasteiger partial charge < -0.3 is 14.8 Å². The summed E-state index contributed by atoms with van der Waals surface area (Å²) in [5.41, 5.74) is 0.220. The van der Waals surface area contributed by atoms with Crippen LogP contribution < -0.4 is 14.8 Å². The maximum absolute atomic E-state index is 13.0. The lowest BCUT2D eigenvalue weighted by Crippen LogP contribution is -2.39. The molecule has 0 aromatic heterocycles. The molecule has 2 saturated carbocycles. The lowest BCUT2D eigenvalue weighted by molar-refractivity contribution is -0.138. The summed E-state index contributed by atoms with van der Waals surface area (Å²) >= 11 is 0. The zero-order chi connectivity index (χ0) is 27.7. The normalized spacial score (nSPS) is 24.7. The molecular weight excluding hydrogens is 478 g/mol. The smallest absolute Gasteiger partial charge is 0.311 e. The van der Waals surface area contributed by atoms with E-state index in [9.17, 15) is 14.4 Å². The molecule has 0 saturated heterocycles. The summed E-state index contributed by atoms with van der Waals surface area (Å²) < 4.78 is 11.5. The number of benzene rings is 1. The highest BCUT2D eigenvalue weighted by Gasteiger charge is 2.24. The van der Waals surface area contributed by atoms with Crippen LogP contribution in [0.15, 0.2) is 18.2 Å². The van der Waals surface area contributed by atoms with Crippen molar-refractivity contribution in [2.45, 2.75) is 117 Å². The van der Waals surface area contributed by atoms with Gasteiger partial charge in [0.25, 0.3) is 0 Å². The fourth-order valence-electron chi connectivity index (χ4n) is 5.63. The highest BCUT2D eigenvalue weighted by Crippen LogP contribution is 2.34. The molecule has 1 aromatic rings. The van der Waals surface area contributed by atoms with Crippen LogP contribution in [0.3, 0.4) is 0 Å². The van der Waals surface area contributed by atoms with E-state index in [1.165, 1.54) is 12.8 Å². The topological polar surface area (TPSA) is 81.7 Å². The van der Waals surface area contributed by atoms with Crippen LogP contribution >= 0.6 is 0 Å². The van der Waals surface area contributed by atoms with Crippen molar-refractivity contribution in [2.75, 3.05) is 6.54 Å². The van der Waals surface area contributed by atoms with Crippen molar-refractivity contribution in [1.29, 1.82) is 0 Å². The molecular formula is C32H49NO5. The predicted molar refractivity (Wildman–Crippen MR) is 151 cm³/mol. The summed E-state index contributed by atoms with van der Waals surface area (Å²) in [6, 6.07) is 4.79. The average Bonchev–Trinajstić information content (AvgIpc) is 3.17. The van der Waals surface area contributed by atoms with Gasteiger partial charge in [0.05, 0.1) is 6.54 Å². The minimum atomic E-state index is -0.336. The number of esters is 2. The Balaban J connectivity index is 1.71. The first-order valence-corrected chi connectivity index (χ1v) is 14.8. The fourth-order valence-corrected chi connectivity index (χ4v) is 5.63. The van der Waals surface area contributed by atoms with Gasteiger partial charge in [-0.15, -0.1) is 0 Å². The van der Waals surface area contributed by atoms with Crippen LogP contribution in [0.1, 0.15) is 122 Å². The lowest BCUT2D eigenvalue weighted by atomic mass is 9.96. The van der Waals surface area contributed by atoms with Crippen molar-refractivity contribution in [3.63, 3.8) is 0 Å². The first-order chi connectivity index (χ1) is 18.0. The molecule has 0 bridgehead atoms. The van der Waals surface area contributed by atoms with Crippen molar-refractivity contribution in [3.8, 4) is 11.5 Å². The first kappa shape index (κ1) is 30.3. The highest BCUT2D eigenvalue weighted by atomic mass is 16.6. The maximum Gasteiger partial charge on any atom is 0.311 e. The second-order valence-corrected chi connectivity index (χ2v) is 13.0. The van der Waals surface area contributed by atoms with Crippen LogP contribution in [-0.2, 0) is 9.59 Å². The van der Waals surface area contributed by atoms with E-state index in [1.54, 1.807) is 18.2 Å². The third kappa shape index (κ3) is 10.5. The number of nitrogens with one attached hydrogen (secondary N) is 1. The molecule has 6 nitrogen and oxygen atoms in total. The molecule has 4 unspecified atom stereocenters. The van der Waals surface area contributed by atoms with Crippen molar-refractivity contribution in [2.24, 2.45) is 23.7 Å². The summed E-state index contributed by atoms with van der Waals surface area (Å²) in [6.07, 6.45) is 11.8. The molecule has 2 aliphatic rings. The van der Waals surface area contributed by atoms with Gasteiger partial charge in [0.15, 0.2) is 17.3 Å². The van der Waals surface area contributed by atoms with Crippen molar-refractivity contribution in [1.82, 2.24) is 5.32 Å². The molecule has 0 aliphatic heterocycles. The van der Waals surface area contributed by atoms with Crippen LogP contribution in [-0.4, -0.2) is 29.8 Å². The third-order valence-electron chi connectivity index (χ3n) is 8.16. The number of hydrogen-bond acceptors (Lipinski definition) is 6. The fraction of sp³-hybridized carbons (Fsp3) is 0.719. The van der Waals surface area contributed by atoms with Crippen LogP contribution in [0.5, 0.6) is 11.5 Å². The number of carbonyl (C=O) groups excluding carboxylic acids is 3. The van der Waals surface area contributed by atoms with E-state index in [0.29, 0.717) is 42.1 Å². The van der Waals surface area contributed by atoms with E-state index in [-0.39, 0.29) is 41.3 Å². The Hall–Kier alpha value is -2.21. The Morgan fingerprint density at radius 2 is 1.29 bits per heavy atom. The molecule has 0 heterocycles. The van der Waals surface area contributed by atoms with Gasteiger partial charge in [-0.25, -0.2) is 0 Å². The van der Waals surface area contributed by atoms with Gasteiger partial charge in [-0.3, -0.25) is 14.4 Å². The van der Waals surface area contributed by atoms with E-state index >= 15 is 0 Å². The second kappa shape index (κ2) is 14.3. The van der Waals surface area contributed by atoms with E-state index in [4.69, 9.17) is 9.47 Å². The third-order valence-corrected chi connectivity index (χ3v) is 8.16. The Morgan fingerprint density at radius 1 is 0.763 bits per heavy atom. The Labute approximate surface area is 229 Å². The van der Waals surface area contributed by atoms with E-state index in [1.807, 2.05) is 20.8 Å². The predicted octanol–water partition coefficient (Wildman–Crippen LogP) is 7.28. The van der Waals surface area contributed by atoms with Crippen LogP contribution in [0.2, 0.25) is 0 Å². The minimum Gasteiger partial charge on any atom is -0.423 e. The van der Waals surface area contributed by atoms with E-state index in [0.717, 1.165) is 51.4 Å². The zero-order valence-corrected chi connectivity index (χ0v) is 24.3. The monoisotopic (exact) mass is 527 g/mol. The number of hydrogen-bond donors (Lipinski definition) is 1. The Kier molecular flexibility index (Phi) is 11.4. The summed E-state index contributed by atoms with van der Waals surface area (Å²) in [4.78, 5) is 38.7. The van der Waals surface area contributed by atoms with Crippen LogP contribution in [0.25, 0.3) is 0 Å². The van der Waals surface area contributed by atoms with E-state index in [2.05, 4.69) is 19.2 Å². The molecule has 6 heteroatoms. The van der Waals surface area contributed by atoms with Gasteiger partial charge in [-0.1, -0.05) is 52.4 Å². The maximum atomic E-state index is 13.0. The van der Waals surface area contributed by atoms with E-state index < -0.39 is 0 Å². The molecule has 3 rings (SSSR count). The van der Waals surface area contributed by atoms with Gasteiger partial charge >= 0.3 is 11.9 Å². The Bertz CT molecular complexity index is 950. The SMILES string of the molecule is CC1CCCC(CC(=O)Oc2ccc(C(=O)CNC(C)(C)C)cc2OC(=O)CC2CCCC(C)CC2)CC1. The van der Waals surface area contributed by atoms with Gasteiger partial charge in [0, 0.05) is 23.9 Å². The molecule has 0 spiro atoms. The largest absolute Gasteiger partial charge is 0.423 e. The van der Waals surface area contributed by atoms with Gasteiger partial charge in [-0.2, -0.15) is 0 Å². The molecule has 0 amide bonds. The summed E-state index contributed by atoms with van der Waals surface area (Å²) in [5, 5.41) is 3.20. The van der Waals surface area contributed by atoms with Crippen LogP contribution in [0.4, 0.5) is 0 Å². The van der Waals surface area contributed by atoms with Crippen molar-refractivity contribution < 1.29 is 23.9 Å². The Morgan fingerprint density at radius 3 is 1.82 bits per heavy atom. The molecule has 1 aromatic carbocycles. The summed E-state index contributed by atoms with van der Waals surface area (Å²) in [7, 11) is 0. The first-order valence-electron chi connectivity index (χ1n) is 14.8. The number of carbonyl (C=O) groups is 3. The highest BCUT2D eigenvalue weighted by molar-refractivity contribution is 5.98. The zero-order valence-electron chi connectivity index (χ0n) is 24.3. The average molecular weight is 528 g/mol. The molecule has 1 N–H and O–H groups in total. The van der Waals surface area contributed by atoms with Crippen molar-refractivity contribution >= 4 is 17.7 Å². The molecule has 4 atom stereocenters. The number of rotatable bonds is 9. The summed E-state index contributed by atoms with van der Waals surface area (Å²) in [5.74, 6) is 1.63. The lowest BCUT2D eigenvalue weighted by Gasteiger charge is -2.20. The second-order valence-electron chi connectivity index (χ2n) is 13.0. The standard InChI is InChI=1S/C32H49NO5/c1-22-8-6-10-24(14-12-22)18-30(35)37-28-17-16-26(27(34)21-33-32(3,4)5)20-29(28)38-31(36)19-25-11-7-9-23(2)13-15-25/h16-17,20,22-25,33H,6-15,18-19,21H2,1-5H3. The van der Waals surface area contributed by atoms with Gasteiger partial charge in [-0.05, 0) is 88.3 Å². The summed E-state index contributed by atoms with van der Waals surface area (Å²) in [6.45, 7) is 10.7. The molecule has 212 valence electrons. The molecule has 2 fully saturated rings. The number of ether oxygens (including phenoxy) is 2. The molecule has 2 aliphatic carbocycles. The molecule has 38 heavy (non-hydrogen) atoms. The van der Waals surface area contributed by atoms with Crippen molar-refractivity contribution in [3.05, 3.63) is 23.8 Å².